The predicted octanol–water partition coefficient (Wildman–Crippen LogP) is 5.07. The molecule has 0 bridgehead atoms. The van der Waals surface area contributed by atoms with Gasteiger partial charge in [-0.05, 0) is 29.8 Å². The Morgan fingerprint density at radius 3 is 2.24 bits per heavy atom. The first-order chi connectivity index (χ1) is 16.6. The average Bonchev–Trinajstić information content (AvgIpc) is 3.56. The summed E-state index contributed by atoms with van der Waals surface area (Å²) < 4.78 is 8.24. The summed E-state index contributed by atoms with van der Waals surface area (Å²) in [5.41, 5.74) is 4.35. The normalized spacial score (nSPS) is 16.1. The number of amides is 1. The predicted molar refractivity (Wildman–Crippen MR) is 136 cm³/mol. The Hall–Kier alpha value is -3.78. The van der Waals surface area contributed by atoms with Gasteiger partial charge in [0.25, 0.3) is 0 Å². The maximum atomic E-state index is 12.8. The van der Waals surface area contributed by atoms with Crippen molar-refractivity contribution < 1.29 is 9.21 Å². The van der Waals surface area contributed by atoms with E-state index in [1.165, 1.54) is 10.8 Å². The number of aromatic nitrogens is 3. The number of carbonyl (C=O) groups excluding carboxylic acids is 1. The number of carbonyl (C=O) groups is 1. The zero-order valence-corrected chi connectivity index (χ0v) is 19.7. The molecule has 0 radical (unpaired) electrons. The Morgan fingerprint density at radius 2 is 1.59 bits per heavy atom. The first kappa shape index (κ1) is 20.8. The van der Waals surface area contributed by atoms with Crippen LogP contribution in [0.15, 0.2) is 77.2 Å². The summed E-state index contributed by atoms with van der Waals surface area (Å²) in [6, 6.07) is 25.1. The van der Waals surface area contributed by atoms with Gasteiger partial charge in [-0.15, -0.1) is 16.9 Å². The molecule has 1 aliphatic rings. The van der Waals surface area contributed by atoms with Gasteiger partial charge in [0.1, 0.15) is 11.9 Å². The molecule has 5 aromatic rings. The Bertz CT molecular complexity index is 1450. The van der Waals surface area contributed by atoms with Gasteiger partial charge in [-0.3, -0.25) is 4.79 Å². The molecule has 1 unspecified atom stereocenters. The molecule has 0 spiro atoms. The van der Waals surface area contributed by atoms with E-state index in [-0.39, 0.29) is 17.3 Å². The third-order valence-corrected chi connectivity index (χ3v) is 7.41. The van der Waals surface area contributed by atoms with E-state index in [2.05, 4.69) is 51.2 Å². The van der Waals surface area contributed by atoms with E-state index in [1.807, 2.05) is 55.4 Å². The van der Waals surface area contributed by atoms with E-state index in [0.29, 0.717) is 18.2 Å². The molecule has 3 heterocycles. The second-order valence-electron chi connectivity index (χ2n) is 8.51. The van der Waals surface area contributed by atoms with Crippen molar-refractivity contribution in [3.8, 4) is 0 Å². The Balaban J connectivity index is 1.33. The van der Waals surface area contributed by atoms with E-state index < -0.39 is 0 Å². The highest BCUT2D eigenvalue weighted by molar-refractivity contribution is 8.00. The van der Waals surface area contributed by atoms with Crippen LogP contribution >= 0.6 is 11.8 Å². The Labute approximate surface area is 201 Å². The van der Waals surface area contributed by atoms with Crippen molar-refractivity contribution in [1.82, 2.24) is 14.8 Å². The molecule has 8 heteroatoms. The third-order valence-electron chi connectivity index (χ3n) is 6.20. The van der Waals surface area contributed by atoms with Gasteiger partial charge in [-0.1, -0.05) is 53.6 Å². The number of fused-ring (bicyclic) bond motifs is 3. The highest BCUT2D eigenvalue weighted by Crippen LogP contribution is 2.41. The molecule has 6 rings (SSSR count). The maximum Gasteiger partial charge on any atom is 0.326 e. The SMILES string of the molecule is CN(C)c1ccc(C2SCC(=O)N2c2nnc(Cn3c4ccccc4c4ccccc43)o2)cc1. The summed E-state index contributed by atoms with van der Waals surface area (Å²) in [6.45, 7) is 0.429. The highest BCUT2D eigenvalue weighted by Gasteiger charge is 2.37. The summed E-state index contributed by atoms with van der Waals surface area (Å²) in [7, 11) is 4.01. The lowest BCUT2D eigenvalue weighted by atomic mass is 10.2. The van der Waals surface area contributed by atoms with Crippen LogP contribution in [0.2, 0.25) is 0 Å². The molecular weight excluding hydrogens is 446 g/mol. The number of hydrogen-bond acceptors (Lipinski definition) is 6. The molecule has 1 fully saturated rings. The molecule has 2 aromatic heterocycles. The van der Waals surface area contributed by atoms with E-state index in [4.69, 9.17) is 4.42 Å². The maximum absolute atomic E-state index is 12.8. The summed E-state index contributed by atoms with van der Waals surface area (Å²) in [5, 5.41) is 10.7. The number of thioether (sulfide) groups is 1. The zero-order valence-electron chi connectivity index (χ0n) is 18.9. The fourth-order valence-electron chi connectivity index (χ4n) is 4.53. The Kier molecular flexibility index (Phi) is 5.03. The number of rotatable bonds is 5. The summed E-state index contributed by atoms with van der Waals surface area (Å²) in [4.78, 5) is 16.4. The topological polar surface area (TPSA) is 67.4 Å². The number of hydrogen-bond donors (Lipinski definition) is 0. The van der Waals surface area contributed by atoms with E-state index in [9.17, 15) is 4.79 Å². The van der Waals surface area contributed by atoms with Crippen LogP contribution in [0.5, 0.6) is 0 Å². The van der Waals surface area contributed by atoms with Crippen LogP contribution in [0.3, 0.4) is 0 Å². The molecule has 170 valence electrons. The second kappa shape index (κ2) is 8.22. The van der Waals surface area contributed by atoms with Gasteiger partial charge >= 0.3 is 6.01 Å². The molecule has 1 amide bonds. The molecule has 1 atom stereocenters. The van der Waals surface area contributed by atoms with Crippen LogP contribution in [0.4, 0.5) is 11.7 Å². The van der Waals surface area contributed by atoms with Gasteiger partial charge in [-0.25, -0.2) is 4.90 Å². The fourth-order valence-corrected chi connectivity index (χ4v) is 5.68. The van der Waals surface area contributed by atoms with Gasteiger partial charge < -0.3 is 13.9 Å². The van der Waals surface area contributed by atoms with Crippen LogP contribution in [-0.4, -0.2) is 40.5 Å². The van der Waals surface area contributed by atoms with Crippen LogP contribution in [0, 0.1) is 0 Å². The fraction of sp³-hybridized carbons (Fsp3) is 0.192. The van der Waals surface area contributed by atoms with Crippen molar-refractivity contribution in [2.75, 3.05) is 29.6 Å². The Morgan fingerprint density at radius 1 is 0.941 bits per heavy atom. The zero-order chi connectivity index (χ0) is 23.2. The molecule has 1 saturated heterocycles. The van der Waals surface area contributed by atoms with Crippen molar-refractivity contribution in [2.24, 2.45) is 0 Å². The van der Waals surface area contributed by atoms with Gasteiger partial charge in [0, 0.05) is 41.6 Å². The largest absolute Gasteiger partial charge is 0.406 e. The summed E-state index contributed by atoms with van der Waals surface area (Å²) >= 11 is 1.57. The van der Waals surface area contributed by atoms with Crippen LogP contribution in [0.1, 0.15) is 16.8 Å². The minimum Gasteiger partial charge on any atom is -0.406 e. The van der Waals surface area contributed by atoms with Crippen molar-refractivity contribution in [1.29, 1.82) is 0 Å². The molecule has 0 aliphatic carbocycles. The lowest BCUT2D eigenvalue weighted by Gasteiger charge is -2.21. The van der Waals surface area contributed by atoms with E-state index in [1.54, 1.807) is 16.7 Å². The van der Waals surface area contributed by atoms with Crippen molar-refractivity contribution in [2.45, 2.75) is 11.9 Å². The third kappa shape index (κ3) is 3.42. The van der Waals surface area contributed by atoms with Gasteiger partial charge in [0.2, 0.25) is 11.8 Å². The quantitative estimate of drug-likeness (QED) is 0.358. The number of para-hydroxylation sites is 2. The van der Waals surface area contributed by atoms with Crippen LogP contribution in [0.25, 0.3) is 21.8 Å². The van der Waals surface area contributed by atoms with Gasteiger partial charge in [-0.2, -0.15) is 0 Å². The first-order valence-corrected chi connectivity index (χ1v) is 12.1. The molecule has 7 nitrogen and oxygen atoms in total. The lowest BCUT2D eigenvalue weighted by Crippen LogP contribution is -2.28. The molecule has 34 heavy (non-hydrogen) atoms. The summed E-state index contributed by atoms with van der Waals surface area (Å²) in [5.74, 6) is 0.816. The van der Waals surface area contributed by atoms with Crippen LogP contribution in [-0.2, 0) is 11.3 Å². The van der Waals surface area contributed by atoms with Crippen molar-refractivity contribution in [3.63, 3.8) is 0 Å². The van der Waals surface area contributed by atoms with Crippen molar-refractivity contribution >= 4 is 51.2 Å². The molecule has 0 saturated carbocycles. The molecule has 3 aromatic carbocycles. The molecule has 1 aliphatic heterocycles. The number of nitrogens with zero attached hydrogens (tertiary/aromatic N) is 5. The number of benzene rings is 3. The smallest absolute Gasteiger partial charge is 0.326 e. The van der Waals surface area contributed by atoms with Gasteiger partial charge in [0.15, 0.2) is 0 Å². The first-order valence-electron chi connectivity index (χ1n) is 11.1. The second-order valence-corrected chi connectivity index (χ2v) is 9.58. The van der Waals surface area contributed by atoms with E-state index in [0.717, 1.165) is 22.3 Å². The van der Waals surface area contributed by atoms with Gasteiger partial charge in [0.05, 0.1) is 5.75 Å². The standard InChI is InChI=1S/C26H23N5O2S/c1-29(2)18-13-11-17(12-14-18)25-31(24(32)16-34-25)26-28-27-23(33-26)15-30-21-9-5-3-7-19(21)20-8-4-6-10-22(20)30/h3-14,25H,15-16H2,1-2H3. The summed E-state index contributed by atoms with van der Waals surface area (Å²) in [6.07, 6.45) is 0. The molecule has 0 N–H and O–H groups in total. The average molecular weight is 470 g/mol. The van der Waals surface area contributed by atoms with E-state index >= 15 is 0 Å². The number of anilines is 2. The van der Waals surface area contributed by atoms with Crippen LogP contribution < -0.4 is 9.80 Å². The van der Waals surface area contributed by atoms with Crippen molar-refractivity contribution in [3.05, 3.63) is 84.3 Å². The minimum absolute atomic E-state index is 0.0289. The minimum atomic E-state index is -0.190. The monoisotopic (exact) mass is 469 g/mol. The lowest BCUT2D eigenvalue weighted by molar-refractivity contribution is -0.116. The highest BCUT2D eigenvalue weighted by atomic mass is 32.2. The molecular formula is C26H23N5O2S.